The standard InChI is InChI=1S/C21H22N2O4/c1-2-14-3-6-17(7-4-14)23-12-16(10-20(23)24)21(25)22-11-15-5-8-18-19(9-15)27-13-26-18/h3-9,16H,2,10-13H2,1H3,(H,22,25)/t16-/m1/s1. The molecule has 0 bridgehead atoms. The van der Waals surface area contributed by atoms with E-state index in [0.29, 0.717) is 18.8 Å². The van der Waals surface area contributed by atoms with E-state index in [-0.39, 0.29) is 30.9 Å². The van der Waals surface area contributed by atoms with Gasteiger partial charge in [-0.15, -0.1) is 0 Å². The molecule has 6 nitrogen and oxygen atoms in total. The maximum atomic E-state index is 12.5. The number of ether oxygens (including phenoxy) is 2. The van der Waals surface area contributed by atoms with E-state index in [0.717, 1.165) is 23.4 Å². The number of aryl methyl sites for hydroxylation is 1. The summed E-state index contributed by atoms with van der Waals surface area (Å²) in [6.07, 6.45) is 1.20. The molecule has 0 radical (unpaired) electrons. The molecule has 2 aliphatic heterocycles. The molecular weight excluding hydrogens is 344 g/mol. The molecule has 0 unspecified atom stereocenters. The zero-order chi connectivity index (χ0) is 18.8. The second-order valence-corrected chi connectivity index (χ2v) is 6.83. The summed E-state index contributed by atoms with van der Waals surface area (Å²) in [5, 5.41) is 2.93. The van der Waals surface area contributed by atoms with Crippen molar-refractivity contribution >= 4 is 17.5 Å². The summed E-state index contributed by atoms with van der Waals surface area (Å²) in [5.41, 5.74) is 3.01. The van der Waals surface area contributed by atoms with Gasteiger partial charge in [0.25, 0.3) is 0 Å². The van der Waals surface area contributed by atoms with E-state index in [1.54, 1.807) is 4.90 Å². The van der Waals surface area contributed by atoms with Crippen LogP contribution in [0.5, 0.6) is 11.5 Å². The number of hydrogen-bond acceptors (Lipinski definition) is 4. The third-order valence-corrected chi connectivity index (χ3v) is 5.06. The van der Waals surface area contributed by atoms with Gasteiger partial charge in [0, 0.05) is 25.2 Å². The lowest BCUT2D eigenvalue weighted by molar-refractivity contribution is -0.126. The highest BCUT2D eigenvalue weighted by atomic mass is 16.7. The fourth-order valence-corrected chi connectivity index (χ4v) is 3.43. The number of carbonyl (C=O) groups excluding carboxylic acids is 2. The quantitative estimate of drug-likeness (QED) is 0.883. The van der Waals surface area contributed by atoms with E-state index in [1.165, 1.54) is 5.56 Å². The Balaban J connectivity index is 1.36. The number of nitrogens with one attached hydrogen (secondary N) is 1. The average molecular weight is 366 g/mol. The lowest BCUT2D eigenvalue weighted by Crippen LogP contribution is -2.32. The molecule has 2 aromatic rings. The van der Waals surface area contributed by atoms with E-state index in [4.69, 9.17) is 9.47 Å². The number of nitrogens with zero attached hydrogens (tertiary/aromatic N) is 1. The smallest absolute Gasteiger partial charge is 0.231 e. The van der Waals surface area contributed by atoms with Crippen LogP contribution in [-0.4, -0.2) is 25.2 Å². The predicted octanol–water partition coefficient (Wildman–Crippen LogP) is 2.65. The molecule has 2 aromatic carbocycles. The normalized spacial score (nSPS) is 18.0. The molecule has 6 heteroatoms. The van der Waals surface area contributed by atoms with Crippen molar-refractivity contribution in [3.63, 3.8) is 0 Å². The molecule has 0 spiro atoms. The van der Waals surface area contributed by atoms with Gasteiger partial charge in [-0.25, -0.2) is 0 Å². The molecule has 140 valence electrons. The van der Waals surface area contributed by atoms with E-state index in [1.807, 2.05) is 42.5 Å². The number of amides is 2. The highest BCUT2D eigenvalue weighted by Gasteiger charge is 2.35. The Labute approximate surface area is 158 Å². The summed E-state index contributed by atoms with van der Waals surface area (Å²) < 4.78 is 10.6. The molecule has 2 heterocycles. The first kappa shape index (κ1) is 17.4. The van der Waals surface area contributed by atoms with Crippen LogP contribution in [0.3, 0.4) is 0 Å². The Bertz CT molecular complexity index is 863. The average Bonchev–Trinajstić information content (AvgIpc) is 3.32. The number of fused-ring (bicyclic) bond motifs is 1. The second kappa shape index (κ2) is 7.31. The van der Waals surface area contributed by atoms with Crippen molar-refractivity contribution in [1.29, 1.82) is 0 Å². The van der Waals surface area contributed by atoms with Gasteiger partial charge in [0.05, 0.1) is 5.92 Å². The third kappa shape index (κ3) is 3.60. The first-order valence-electron chi connectivity index (χ1n) is 9.19. The molecule has 2 aliphatic rings. The van der Waals surface area contributed by atoms with Gasteiger partial charge >= 0.3 is 0 Å². The third-order valence-electron chi connectivity index (χ3n) is 5.06. The Morgan fingerprint density at radius 3 is 2.63 bits per heavy atom. The second-order valence-electron chi connectivity index (χ2n) is 6.83. The van der Waals surface area contributed by atoms with Crippen LogP contribution in [0.1, 0.15) is 24.5 Å². The number of rotatable bonds is 5. The molecule has 1 N–H and O–H groups in total. The highest BCUT2D eigenvalue weighted by molar-refractivity contribution is 6.00. The number of anilines is 1. The Kier molecular flexibility index (Phi) is 4.71. The molecule has 0 aromatic heterocycles. The molecule has 0 aliphatic carbocycles. The summed E-state index contributed by atoms with van der Waals surface area (Å²) in [4.78, 5) is 26.6. The van der Waals surface area contributed by atoms with Gasteiger partial charge in [-0.2, -0.15) is 0 Å². The van der Waals surface area contributed by atoms with Crippen LogP contribution in [0.4, 0.5) is 5.69 Å². The minimum Gasteiger partial charge on any atom is -0.454 e. The molecule has 2 amide bonds. The van der Waals surface area contributed by atoms with E-state index in [2.05, 4.69) is 12.2 Å². The maximum Gasteiger partial charge on any atom is 0.231 e. The largest absolute Gasteiger partial charge is 0.454 e. The first-order chi connectivity index (χ1) is 13.1. The summed E-state index contributed by atoms with van der Waals surface area (Å²) in [5.74, 6) is 0.962. The number of carbonyl (C=O) groups is 2. The molecule has 1 saturated heterocycles. The maximum absolute atomic E-state index is 12.5. The lowest BCUT2D eigenvalue weighted by atomic mass is 10.1. The van der Waals surface area contributed by atoms with Crippen LogP contribution in [0, 0.1) is 5.92 Å². The molecule has 4 rings (SSSR count). The van der Waals surface area contributed by atoms with Crippen LogP contribution in [-0.2, 0) is 22.6 Å². The lowest BCUT2D eigenvalue weighted by Gasteiger charge is -2.17. The van der Waals surface area contributed by atoms with Crippen molar-refractivity contribution in [3.8, 4) is 11.5 Å². The SMILES string of the molecule is CCc1ccc(N2C[C@H](C(=O)NCc3ccc4c(c3)OCO4)CC2=O)cc1. The summed E-state index contributed by atoms with van der Waals surface area (Å²) >= 11 is 0. The van der Waals surface area contributed by atoms with Crippen molar-refractivity contribution in [2.75, 3.05) is 18.2 Å². The van der Waals surface area contributed by atoms with E-state index < -0.39 is 0 Å². The van der Waals surface area contributed by atoms with Crippen molar-refractivity contribution in [1.82, 2.24) is 5.32 Å². The van der Waals surface area contributed by atoms with Crippen molar-refractivity contribution < 1.29 is 19.1 Å². The van der Waals surface area contributed by atoms with Crippen LogP contribution >= 0.6 is 0 Å². The minimum absolute atomic E-state index is 0.0116. The van der Waals surface area contributed by atoms with Crippen LogP contribution in [0.25, 0.3) is 0 Å². The Hall–Kier alpha value is -3.02. The van der Waals surface area contributed by atoms with Crippen molar-refractivity contribution in [3.05, 3.63) is 53.6 Å². The molecule has 1 fully saturated rings. The molecule has 0 saturated carbocycles. The number of benzene rings is 2. The van der Waals surface area contributed by atoms with Crippen LogP contribution in [0.15, 0.2) is 42.5 Å². The van der Waals surface area contributed by atoms with Crippen LogP contribution < -0.4 is 19.7 Å². The summed E-state index contributed by atoms with van der Waals surface area (Å²) in [7, 11) is 0. The summed E-state index contributed by atoms with van der Waals surface area (Å²) in [6.45, 7) is 3.13. The van der Waals surface area contributed by atoms with Gasteiger partial charge in [0.1, 0.15) is 0 Å². The molecule has 1 atom stereocenters. The van der Waals surface area contributed by atoms with Gasteiger partial charge in [0.2, 0.25) is 18.6 Å². The van der Waals surface area contributed by atoms with Crippen molar-refractivity contribution in [2.45, 2.75) is 26.3 Å². The summed E-state index contributed by atoms with van der Waals surface area (Å²) in [6, 6.07) is 13.5. The zero-order valence-electron chi connectivity index (χ0n) is 15.2. The van der Waals surface area contributed by atoms with E-state index >= 15 is 0 Å². The van der Waals surface area contributed by atoms with Crippen LogP contribution in [0.2, 0.25) is 0 Å². The molecular formula is C21H22N2O4. The fourth-order valence-electron chi connectivity index (χ4n) is 3.43. The van der Waals surface area contributed by atoms with Crippen molar-refractivity contribution in [2.24, 2.45) is 5.92 Å². The van der Waals surface area contributed by atoms with Gasteiger partial charge < -0.3 is 19.7 Å². The zero-order valence-corrected chi connectivity index (χ0v) is 15.2. The fraction of sp³-hybridized carbons (Fsp3) is 0.333. The molecule has 27 heavy (non-hydrogen) atoms. The van der Waals surface area contributed by atoms with Gasteiger partial charge in [-0.3, -0.25) is 9.59 Å². The number of hydrogen-bond donors (Lipinski definition) is 1. The van der Waals surface area contributed by atoms with E-state index in [9.17, 15) is 9.59 Å². The Morgan fingerprint density at radius 1 is 1.11 bits per heavy atom. The predicted molar refractivity (Wildman–Crippen MR) is 101 cm³/mol. The monoisotopic (exact) mass is 366 g/mol. The first-order valence-corrected chi connectivity index (χ1v) is 9.19. The van der Waals surface area contributed by atoms with Gasteiger partial charge in [-0.1, -0.05) is 25.1 Å². The minimum atomic E-state index is -0.336. The highest BCUT2D eigenvalue weighted by Crippen LogP contribution is 2.32. The Morgan fingerprint density at radius 2 is 1.85 bits per heavy atom. The van der Waals surface area contributed by atoms with Gasteiger partial charge in [0.15, 0.2) is 11.5 Å². The topological polar surface area (TPSA) is 67.9 Å². The van der Waals surface area contributed by atoms with Gasteiger partial charge in [-0.05, 0) is 41.8 Å².